The van der Waals surface area contributed by atoms with Gasteiger partial charge in [0.1, 0.15) is 5.75 Å². The molecule has 2 heterocycles. The van der Waals surface area contributed by atoms with Gasteiger partial charge in [0.05, 0.1) is 12.0 Å². The van der Waals surface area contributed by atoms with Gasteiger partial charge in [-0.25, -0.2) is 0 Å². The van der Waals surface area contributed by atoms with E-state index < -0.39 is 0 Å². The van der Waals surface area contributed by atoms with Gasteiger partial charge in [0.2, 0.25) is 0 Å². The molecule has 0 N–H and O–H groups in total. The molecular weight excluding hydrogens is 214 g/mol. The Balaban J connectivity index is 1.80. The molecular formula is C14H17NO2. The molecule has 0 aromatic heterocycles. The summed E-state index contributed by atoms with van der Waals surface area (Å²) in [6.45, 7) is 2.11. The van der Waals surface area contributed by atoms with Crippen molar-refractivity contribution in [2.24, 2.45) is 0 Å². The van der Waals surface area contributed by atoms with Gasteiger partial charge < -0.3 is 4.74 Å². The summed E-state index contributed by atoms with van der Waals surface area (Å²) in [5.41, 5.74) is 0.737. The van der Waals surface area contributed by atoms with Crippen molar-refractivity contribution in [3.8, 4) is 5.75 Å². The van der Waals surface area contributed by atoms with Crippen molar-refractivity contribution in [3.63, 3.8) is 0 Å². The van der Waals surface area contributed by atoms with Gasteiger partial charge in [0.25, 0.3) is 0 Å². The summed E-state index contributed by atoms with van der Waals surface area (Å²) in [6, 6.07) is 7.56. The summed E-state index contributed by atoms with van der Waals surface area (Å²) < 4.78 is 5.95. The number of hydrogen-bond donors (Lipinski definition) is 0. The van der Waals surface area contributed by atoms with Crippen molar-refractivity contribution >= 4 is 5.78 Å². The lowest BCUT2D eigenvalue weighted by atomic mass is 10.0. The van der Waals surface area contributed by atoms with Crippen molar-refractivity contribution in [3.05, 3.63) is 29.8 Å². The smallest absolute Gasteiger partial charge is 0.171 e. The number of rotatable bonds is 1. The number of fused-ring (bicyclic) bond motifs is 1. The van der Waals surface area contributed by atoms with E-state index in [1.54, 1.807) is 0 Å². The van der Waals surface area contributed by atoms with Gasteiger partial charge in [-0.15, -0.1) is 0 Å². The number of benzene rings is 1. The van der Waals surface area contributed by atoms with Gasteiger partial charge in [-0.2, -0.15) is 0 Å². The van der Waals surface area contributed by atoms with E-state index in [2.05, 4.69) is 4.90 Å². The molecule has 3 rings (SSSR count). The zero-order valence-electron chi connectivity index (χ0n) is 9.89. The molecule has 90 valence electrons. The molecule has 1 aromatic rings. The highest BCUT2D eigenvalue weighted by Gasteiger charge is 2.30. The van der Waals surface area contributed by atoms with Crippen LogP contribution < -0.4 is 4.74 Å². The summed E-state index contributed by atoms with van der Waals surface area (Å²) in [7, 11) is 0. The van der Waals surface area contributed by atoms with Crippen LogP contribution in [0.2, 0.25) is 0 Å². The SMILES string of the molecule is O=C1CC(N2CCCCC2)Oc2ccccc21. The van der Waals surface area contributed by atoms with E-state index in [1.165, 1.54) is 19.3 Å². The monoisotopic (exact) mass is 231 g/mol. The topological polar surface area (TPSA) is 29.5 Å². The Hall–Kier alpha value is -1.35. The third-order valence-corrected chi connectivity index (χ3v) is 3.61. The van der Waals surface area contributed by atoms with Crippen molar-refractivity contribution in [2.45, 2.75) is 31.9 Å². The largest absolute Gasteiger partial charge is 0.474 e. The molecule has 1 aromatic carbocycles. The predicted octanol–water partition coefficient (Wildman–Crippen LogP) is 2.46. The highest BCUT2D eigenvalue weighted by atomic mass is 16.5. The van der Waals surface area contributed by atoms with Gasteiger partial charge in [-0.3, -0.25) is 9.69 Å². The molecule has 1 saturated heterocycles. The lowest BCUT2D eigenvalue weighted by molar-refractivity contribution is 0.00187. The van der Waals surface area contributed by atoms with E-state index in [1.807, 2.05) is 24.3 Å². The fourth-order valence-electron chi connectivity index (χ4n) is 2.67. The second kappa shape index (κ2) is 4.49. The Morgan fingerprint density at radius 2 is 1.88 bits per heavy atom. The first-order chi connectivity index (χ1) is 8.34. The summed E-state index contributed by atoms with van der Waals surface area (Å²) in [5, 5.41) is 0. The molecule has 3 heteroatoms. The maximum atomic E-state index is 12.0. The number of carbonyl (C=O) groups excluding carboxylic acids is 1. The Bertz CT molecular complexity index is 424. The minimum Gasteiger partial charge on any atom is -0.474 e. The number of Topliss-reactive ketones (excluding diaryl/α,β-unsaturated/α-hetero) is 1. The molecule has 3 nitrogen and oxygen atoms in total. The lowest BCUT2D eigenvalue weighted by Crippen LogP contribution is -2.45. The molecule has 1 fully saturated rings. The predicted molar refractivity (Wildman–Crippen MR) is 65.2 cm³/mol. The molecule has 0 spiro atoms. The fourth-order valence-corrected chi connectivity index (χ4v) is 2.67. The van der Waals surface area contributed by atoms with Crippen LogP contribution in [0.5, 0.6) is 5.75 Å². The van der Waals surface area contributed by atoms with E-state index in [0.717, 1.165) is 24.4 Å². The van der Waals surface area contributed by atoms with E-state index in [0.29, 0.717) is 6.42 Å². The van der Waals surface area contributed by atoms with Crippen molar-refractivity contribution in [1.82, 2.24) is 4.90 Å². The minimum absolute atomic E-state index is 0.0438. The molecule has 0 radical (unpaired) electrons. The van der Waals surface area contributed by atoms with Crippen molar-refractivity contribution < 1.29 is 9.53 Å². The van der Waals surface area contributed by atoms with Crippen LogP contribution in [0.1, 0.15) is 36.0 Å². The van der Waals surface area contributed by atoms with Crippen molar-refractivity contribution in [2.75, 3.05) is 13.1 Å². The third-order valence-electron chi connectivity index (χ3n) is 3.61. The van der Waals surface area contributed by atoms with Crippen LogP contribution in [0.3, 0.4) is 0 Å². The average Bonchev–Trinajstić information content (AvgIpc) is 2.40. The number of hydrogen-bond acceptors (Lipinski definition) is 3. The number of ether oxygens (including phenoxy) is 1. The highest BCUT2D eigenvalue weighted by molar-refractivity contribution is 5.99. The molecule has 0 saturated carbocycles. The van der Waals surface area contributed by atoms with Crippen LogP contribution in [-0.2, 0) is 0 Å². The molecule has 1 atom stereocenters. The molecule has 0 amide bonds. The van der Waals surface area contributed by atoms with E-state index >= 15 is 0 Å². The number of ketones is 1. The van der Waals surface area contributed by atoms with Gasteiger partial charge in [-0.1, -0.05) is 18.6 Å². The first kappa shape index (κ1) is 10.8. The van der Waals surface area contributed by atoms with E-state index in [-0.39, 0.29) is 12.0 Å². The zero-order chi connectivity index (χ0) is 11.7. The second-order valence-corrected chi connectivity index (χ2v) is 4.79. The second-order valence-electron chi connectivity index (χ2n) is 4.79. The van der Waals surface area contributed by atoms with E-state index in [9.17, 15) is 4.79 Å². The van der Waals surface area contributed by atoms with Gasteiger partial charge in [0, 0.05) is 13.1 Å². The molecule has 2 aliphatic heterocycles. The maximum Gasteiger partial charge on any atom is 0.171 e. The van der Waals surface area contributed by atoms with E-state index in [4.69, 9.17) is 4.74 Å². The van der Waals surface area contributed by atoms with Crippen LogP contribution in [0.15, 0.2) is 24.3 Å². The van der Waals surface area contributed by atoms with Crippen LogP contribution in [0.25, 0.3) is 0 Å². The quantitative estimate of drug-likeness (QED) is 0.743. The van der Waals surface area contributed by atoms with Gasteiger partial charge in [-0.05, 0) is 25.0 Å². The number of para-hydroxylation sites is 1. The van der Waals surface area contributed by atoms with Crippen molar-refractivity contribution in [1.29, 1.82) is 0 Å². The summed E-state index contributed by atoms with van der Waals surface area (Å²) >= 11 is 0. The normalized spacial score (nSPS) is 25.2. The molecule has 2 aliphatic rings. The van der Waals surface area contributed by atoms with Crippen LogP contribution in [0, 0.1) is 0 Å². The average molecular weight is 231 g/mol. The molecule has 17 heavy (non-hydrogen) atoms. The Kier molecular flexibility index (Phi) is 2.85. The Labute approximate surface area is 101 Å². The highest BCUT2D eigenvalue weighted by Crippen LogP contribution is 2.29. The van der Waals surface area contributed by atoms with Crippen LogP contribution in [-0.4, -0.2) is 30.0 Å². The van der Waals surface area contributed by atoms with Gasteiger partial charge >= 0.3 is 0 Å². The Morgan fingerprint density at radius 1 is 1.12 bits per heavy atom. The fraction of sp³-hybridized carbons (Fsp3) is 0.500. The lowest BCUT2D eigenvalue weighted by Gasteiger charge is -2.36. The minimum atomic E-state index is -0.0438. The molecule has 0 bridgehead atoms. The Morgan fingerprint density at radius 3 is 2.71 bits per heavy atom. The zero-order valence-corrected chi connectivity index (χ0v) is 9.89. The number of likely N-dealkylation sites (tertiary alicyclic amines) is 1. The van der Waals surface area contributed by atoms with Crippen LogP contribution >= 0.6 is 0 Å². The molecule has 1 unspecified atom stereocenters. The van der Waals surface area contributed by atoms with Crippen LogP contribution in [0.4, 0.5) is 0 Å². The first-order valence-electron chi connectivity index (χ1n) is 6.37. The summed E-state index contributed by atoms with van der Waals surface area (Å²) in [6.07, 6.45) is 4.19. The number of piperidine rings is 1. The van der Waals surface area contributed by atoms with Gasteiger partial charge in [0.15, 0.2) is 12.0 Å². The molecule has 0 aliphatic carbocycles. The standard InChI is InChI=1S/C14H17NO2/c16-12-10-14(15-8-4-1-5-9-15)17-13-7-3-2-6-11(12)13/h2-3,6-7,14H,1,4-5,8-10H2. The first-order valence-corrected chi connectivity index (χ1v) is 6.37. The summed E-state index contributed by atoms with van der Waals surface area (Å²) in [5.74, 6) is 0.960. The number of carbonyl (C=O) groups is 1. The maximum absolute atomic E-state index is 12.0. The number of nitrogens with zero attached hydrogens (tertiary/aromatic N) is 1. The summed E-state index contributed by atoms with van der Waals surface area (Å²) in [4.78, 5) is 14.3. The third kappa shape index (κ3) is 2.07.